The van der Waals surface area contributed by atoms with E-state index in [0.29, 0.717) is 0 Å². The highest BCUT2D eigenvalue weighted by molar-refractivity contribution is 9.10. The lowest BCUT2D eigenvalue weighted by Gasteiger charge is -2.25. The average Bonchev–Trinajstić information content (AvgIpc) is 2.02. The van der Waals surface area contributed by atoms with Crippen LogP contribution in [0.15, 0.2) is 16.6 Å². The zero-order valence-electron chi connectivity index (χ0n) is 7.89. The lowest BCUT2D eigenvalue weighted by atomic mass is 10.00. The van der Waals surface area contributed by atoms with Gasteiger partial charge in [-0.25, -0.2) is 4.39 Å². The van der Waals surface area contributed by atoms with Gasteiger partial charge in [0, 0.05) is 17.6 Å². The number of hydrogen-bond donors (Lipinski definition) is 0. The Kier molecular flexibility index (Phi) is 3.93. The number of rotatable bonds is 0. The Balaban J connectivity index is 0.000000980. The van der Waals surface area contributed by atoms with Crippen molar-refractivity contribution in [3.8, 4) is 0 Å². The summed E-state index contributed by atoms with van der Waals surface area (Å²) in [4.78, 5) is 2.20. The van der Waals surface area contributed by atoms with E-state index in [1.807, 2.05) is 6.07 Å². The van der Waals surface area contributed by atoms with Gasteiger partial charge in [-0.3, -0.25) is 0 Å². The number of likely N-dealkylation sites (N-methyl/N-ethyl adjacent to an activating group) is 1. The summed E-state index contributed by atoms with van der Waals surface area (Å²) in [5.41, 5.74) is 2.00. The van der Waals surface area contributed by atoms with E-state index < -0.39 is 0 Å². The number of halogens is 3. The van der Waals surface area contributed by atoms with Crippen LogP contribution in [0.25, 0.3) is 0 Å². The summed E-state index contributed by atoms with van der Waals surface area (Å²) in [5.74, 6) is -0.0718. The van der Waals surface area contributed by atoms with E-state index in [0.717, 1.165) is 35.1 Å². The minimum atomic E-state index is -0.0718. The van der Waals surface area contributed by atoms with Gasteiger partial charge < -0.3 is 4.90 Å². The molecule has 0 aromatic heterocycles. The summed E-state index contributed by atoms with van der Waals surface area (Å²) in [6.45, 7) is 1.80. The zero-order chi connectivity index (χ0) is 9.42. The zero-order valence-corrected chi connectivity index (χ0v) is 10.3. The van der Waals surface area contributed by atoms with E-state index >= 15 is 0 Å². The summed E-state index contributed by atoms with van der Waals surface area (Å²) >= 11 is 3.30. The molecule has 14 heavy (non-hydrogen) atoms. The summed E-state index contributed by atoms with van der Waals surface area (Å²) in [6, 6.07) is 3.55. The molecule has 0 saturated heterocycles. The molecule has 0 fully saturated rings. The highest BCUT2D eigenvalue weighted by atomic mass is 79.9. The molecule has 0 saturated carbocycles. The number of nitrogens with zero attached hydrogens (tertiary/aromatic N) is 1. The van der Waals surface area contributed by atoms with Crippen molar-refractivity contribution >= 4 is 28.3 Å². The first-order chi connectivity index (χ1) is 6.16. The van der Waals surface area contributed by atoms with Crippen molar-refractivity contribution in [1.82, 2.24) is 4.90 Å². The summed E-state index contributed by atoms with van der Waals surface area (Å²) < 4.78 is 14.2. The van der Waals surface area contributed by atoms with Gasteiger partial charge in [-0.05, 0) is 36.7 Å². The van der Waals surface area contributed by atoms with Crippen LogP contribution in [0, 0.1) is 5.82 Å². The third kappa shape index (κ3) is 2.27. The second kappa shape index (κ2) is 4.60. The fraction of sp³-hybridized carbons (Fsp3) is 0.400. The van der Waals surface area contributed by atoms with Gasteiger partial charge in [-0.2, -0.15) is 0 Å². The van der Waals surface area contributed by atoms with Gasteiger partial charge in [0.05, 0.1) is 0 Å². The third-order valence-corrected chi connectivity index (χ3v) is 2.89. The van der Waals surface area contributed by atoms with E-state index in [2.05, 4.69) is 27.9 Å². The van der Waals surface area contributed by atoms with Crippen molar-refractivity contribution in [2.24, 2.45) is 0 Å². The van der Waals surface area contributed by atoms with Crippen LogP contribution in [0.1, 0.15) is 11.1 Å². The van der Waals surface area contributed by atoms with Gasteiger partial charge in [0.25, 0.3) is 0 Å². The van der Waals surface area contributed by atoms with Crippen molar-refractivity contribution in [1.29, 1.82) is 0 Å². The van der Waals surface area contributed by atoms with Crippen molar-refractivity contribution in [2.75, 3.05) is 13.6 Å². The molecule has 0 bridgehead atoms. The molecule has 0 amide bonds. The van der Waals surface area contributed by atoms with Gasteiger partial charge in [0.15, 0.2) is 0 Å². The van der Waals surface area contributed by atoms with Crippen LogP contribution in [0.2, 0.25) is 0 Å². The Labute approximate surface area is 97.8 Å². The molecule has 0 aliphatic carbocycles. The molecule has 1 aliphatic heterocycles. The molecular formula is C10H12BrClFN. The van der Waals surface area contributed by atoms with Crippen LogP contribution in [0.4, 0.5) is 4.39 Å². The van der Waals surface area contributed by atoms with Gasteiger partial charge in [-0.1, -0.05) is 15.9 Å². The second-order valence-electron chi connectivity index (χ2n) is 3.51. The number of fused-ring (bicyclic) bond motifs is 1. The lowest BCUT2D eigenvalue weighted by molar-refractivity contribution is 0.308. The van der Waals surface area contributed by atoms with Crippen LogP contribution in [-0.2, 0) is 13.0 Å². The fourth-order valence-corrected chi connectivity index (χ4v) is 2.23. The van der Waals surface area contributed by atoms with E-state index in [1.165, 1.54) is 0 Å². The normalized spacial score (nSPS) is 15.9. The van der Waals surface area contributed by atoms with E-state index in [4.69, 9.17) is 0 Å². The largest absolute Gasteiger partial charge is 0.302 e. The first kappa shape index (κ1) is 12.0. The summed E-state index contributed by atoms with van der Waals surface area (Å²) in [7, 11) is 2.06. The topological polar surface area (TPSA) is 3.24 Å². The van der Waals surface area contributed by atoms with Crippen LogP contribution < -0.4 is 0 Å². The van der Waals surface area contributed by atoms with Gasteiger partial charge in [0.2, 0.25) is 0 Å². The minimum Gasteiger partial charge on any atom is -0.302 e. The van der Waals surface area contributed by atoms with Crippen molar-refractivity contribution in [3.63, 3.8) is 0 Å². The average molecular weight is 281 g/mol. The van der Waals surface area contributed by atoms with Crippen LogP contribution in [0.3, 0.4) is 0 Å². The molecule has 0 spiro atoms. The molecule has 0 atom stereocenters. The fourth-order valence-electron chi connectivity index (χ4n) is 1.75. The predicted octanol–water partition coefficient (Wildman–Crippen LogP) is 3.00. The Morgan fingerprint density at radius 2 is 2.14 bits per heavy atom. The molecule has 0 N–H and O–H groups in total. The quantitative estimate of drug-likeness (QED) is 0.706. The van der Waals surface area contributed by atoms with E-state index in [9.17, 15) is 4.39 Å². The molecule has 0 radical (unpaired) electrons. The highest BCUT2D eigenvalue weighted by Gasteiger charge is 2.16. The van der Waals surface area contributed by atoms with Crippen molar-refractivity contribution in [2.45, 2.75) is 13.0 Å². The maximum atomic E-state index is 13.4. The minimum absolute atomic E-state index is 0. The maximum absolute atomic E-state index is 13.4. The van der Waals surface area contributed by atoms with E-state index in [1.54, 1.807) is 6.07 Å². The monoisotopic (exact) mass is 279 g/mol. The number of benzene rings is 1. The van der Waals surface area contributed by atoms with E-state index in [-0.39, 0.29) is 18.2 Å². The summed E-state index contributed by atoms with van der Waals surface area (Å²) in [6.07, 6.45) is 0.824. The van der Waals surface area contributed by atoms with Crippen LogP contribution in [0.5, 0.6) is 0 Å². The smallest absolute Gasteiger partial charge is 0.127 e. The van der Waals surface area contributed by atoms with Crippen LogP contribution in [-0.4, -0.2) is 18.5 Å². The standard InChI is InChI=1S/C10H11BrFN.ClH/c1-13-3-2-9-7(6-13)4-8(11)5-10(9)12;/h4-5H,2-3,6H2,1H3;1H. The van der Waals surface area contributed by atoms with Gasteiger partial charge in [0.1, 0.15) is 5.82 Å². The summed E-state index contributed by atoms with van der Waals surface area (Å²) in [5, 5.41) is 0. The predicted molar refractivity (Wildman–Crippen MR) is 61.4 cm³/mol. The van der Waals surface area contributed by atoms with Crippen LogP contribution >= 0.6 is 28.3 Å². The molecule has 0 unspecified atom stereocenters. The van der Waals surface area contributed by atoms with Gasteiger partial charge >= 0.3 is 0 Å². The molecule has 1 aromatic carbocycles. The van der Waals surface area contributed by atoms with Crippen molar-refractivity contribution < 1.29 is 4.39 Å². The maximum Gasteiger partial charge on any atom is 0.127 e. The molecule has 1 aliphatic rings. The Hall–Kier alpha value is -0.120. The van der Waals surface area contributed by atoms with Gasteiger partial charge in [-0.15, -0.1) is 12.4 Å². The van der Waals surface area contributed by atoms with Crippen molar-refractivity contribution in [3.05, 3.63) is 33.5 Å². The second-order valence-corrected chi connectivity index (χ2v) is 4.43. The molecule has 1 heterocycles. The molecule has 1 aromatic rings. The first-order valence-electron chi connectivity index (χ1n) is 4.32. The first-order valence-corrected chi connectivity index (χ1v) is 5.11. The molecule has 78 valence electrons. The third-order valence-electron chi connectivity index (χ3n) is 2.44. The molecule has 2 rings (SSSR count). The SMILES string of the molecule is CN1CCc2c(F)cc(Br)cc2C1.Cl. The Bertz CT molecular complexity index is 343. The molecule has 4 heteroatoms. The number of hydrogen-bond acceptors (Lipinski definition) is 1. The molecular weight excluding hydrogens is 268 g/mol. The lowest BCUT2D eigenvalue weighted by Crippen LogP contribution is -2.27. The molecule has 1 nitrogen and oxygen atoms in total. The Morgan fingerprint density at radius 3 is 2.86 bits per heavy atom. The highest BCUT2D eigenvalue weighted by Crippen LogP contribution is 2.25. The Morgan fingerprint density at radius 1 is 1.43 bits per heavy atom.